The molecular formula is C10H8ClNO2S. The van der Waals surface area contributed by atoms with E-state index in [4.69, 9.17) is 15.8 Å². The van der Waals surface area contributed by atoms with Crippen molar-refractivity contribution in [1.29, 1.82) is 0 Å². The zero-order chi connectivity index (χ0) is 10.8. The van der Waals surface area contributed by atoms with Crippen LogP contribution in [-0.2, 0) is 4.79 Å². The number of nitrogens with zero attached hydrogens (tertiary/aromatic N) is 1. The van der Waals surface area contributed by atoms with Crippen LogP contribution in [0.5, 0.6) is 0 Å². The summed E-state index contributed by atoms with van der Waals surface area (Å²) < 4.78 is 1.60. The van der Waals surface area contributed by atoms with Crippen molar-refractivity contribution in [3.8, 4) is 0 Å². The lowest BCUT2D eigenvalue weighted by Crippen LogP contribution is -2.18. The molecule has 15 heavy (non-hydrogen) atoms. The molecule has 5 heteroatoms. The van der Waals surface area contributed by atoms with Crippen molar-refractivity contribution in [3.05, 3.63) is 42.1 Å². The lowest BCUT2D eigenvalue weighted by atomic mass is 10.3. The van der Waals surface area contributed by atoms with Crippen LogP contribution < -0.4 is 4.31 Å². The van der Waals surface area contributed by atoms with Gasteiger partial charge in [0.25, 0.3) is 0 Å². The van der Waals surface area contributed by atoms with Crippen LogP contribution in [0.15, 0.2) is 42.1 Å². The topological polar surface area (TPSA) is 40.5 Å². The van der Waals surface area contributed by atoms with Crippen LogP contribution in [0.4, 0.5) is 5.69 Å². The maximum absolute atomic E-state index is 10.9. The number of anilines is 1. The van der Waals surface area contributed by atoms with Gasteiger partial charge in [0.2, 0.25) is 0 Å². The Morgan fingerprint density at radius 2 is 2.00 bits per heavy atom. The molecular weight excluding hydrogens is 234 g/mol. The lowest BCUT2D eigenvalue weighted by Gasteiger charge is -2.20. The number of carboxylic acid groups (broad SMARTS) is 1. The first-order valence-corrected chi connectivity index (χ1v) is 6.30. The van der Waals surface area contributed by atoms with Gasteiger partial charge >= 0.3 is 5.97 Å². The molecule has 0 fully saturated rings. The van der Waals surface area contributed by atoms with E-state index in [1.54, 1.807) is 9.67 Å². The van der Waals surface area contributed by atoms with Gasteiger partial charge in [0, 0.05) is 9.88 Å². The maximum atomic E-state index is 10.9. The largest absolute Gasteiger partial charge is 0.477 e. The highest BCUT2D eigenvalue weighted by atomic mass is 35.7. The van der Waals surface area contributed by atoms with Crippen LogP contribution in [0, 0.1) is 0 Å². The van der Waals surface area contributed by atoms with E-state index in [1.807, 2.05) is 30.3 Å². The lowest BCUT2D eigenvalue weighted by molar-refractivity contribution is -0.132. The van der Waals surface area contributed by atoms with Crippen molar-refractivity contribution in [2.75, 3.05) is 4.31 Å². The molecule has 1 aliphatic heterocycles. The van der Waals surface area contributed by atoms with Gasteiger partial charge in [0.1, 0.15) is 5.70 Å². The van der Waals surface area contributed by atoms with Gasteiger partial charge in [-0.15, -0.1) is 0 Å². The standard InChI is InChI=1S/C10H8ClNO2S/c11-15-7-6-9(10(13)14)12(15)8-4-2-1-3-5-8/h1-7H,(H,13,14). The van der Waals surface area contributed by atoms with E-state index >= 15 is 0 Å². The molecule has 1 aromatic rings. The summed E-state index contributed by atoms with van der Waals surface area (Å²) >= 11 is 0. The number of aliphatic carboxylic acids is 1. The van der Waals surface area contributed by atoms with Gasteiger partial charge in [-0.05, 0) is 34.3 Å². The molecule has 1 heterocycles. The first-order chi connectivity index (χ1) is 7.20. The van der Waals surface area contributed by atoms with Crippen molar-refractivity contribution in [3.63, 3.8) is 0 Å². The second-order valence-corrected chi connectivity index (χ2v) is 5.00. The molecule has 0 spiro atoms. The molecule has 1 aromatic carbocycles. The first kappa shape index (κ1) is 10.3. The number of carboxylic acids is 1. The van der Waals surface area contributed by atoms with Gasteiger partial charge in [0.05, 0.1) is 5.69 Å². The average Bonchev–Trinajstić information content (AvgIpc) is 2.61. The number of allylic oxidation sites excluding steroid dienone is 1. The summed E-state index contributed by atoms with van der Waals surface area (Å²) in [7, 11) is 5.33. The third-order valence-electron chi connectivity index (χ3n) is 1.94. The van der Waals surface area contributed by atoms with Gasteiger partial charge in [0.15, 0.2) is 0 Å². The van der Waals surface area contributed by atoms with Crippen molar-refractivity contribution in [1.82, 2.24) is 0 Å². The Bertz CT molecular complexity index is 456. The van der Waals surface area contributed by atoms with Crippen LogP contribution >= 0.6 is 20.6 Å². The predicted octanol–water partition coefficient (Wildman–Crippen LogP) is 2.62. The molecule has 0 amide bonds. The van der Waals surface area contributed by atoms with Crippen molar-refractivity contribution in [2.24, 2.45) is 0 Å². The van der Waals surface area contributed by atoms with Gasteiger partial charge in [-0.3, -0.25) is 4.31 Å². The fourth-order valence-electron chi connectivity index (χ4n) is 1.30. The van der Waals surface area contributed by atoms with Crippen LogP contribution in [0.2, 0.25) is 0 Å². The minimum atomic E-state index is -0.967. The second-order valence-electron chi connectivity index (χ2n) is 2.89. The molecule has 2 rings (SSSR count). The number of para-hydroxylation sites is 1. The van der Waals surface area contributed by atoms with E-state index < -0.39 is 15.9 Å². The van der Waals surface area contributed by atoms with E-state index in [0.717, 1.165) is 5.69 Å². The van der Waals surface area contributed by atoms with Gasteiger partial charge in [-0.2, -0.15) is 0 Å². The SMILES string of the molecule is O=C(O)C1=CC=S(Cl)N1c1ccccc1. The molecule has 3 nitrogen and oxygen atoms in total. The fraction of sp³-hybridized carbons (Fsp3) is 0. The van der Waals surface area contributed by atoms with Gasteiger partial charge < -0.3 is 5.11 Å². The summed E-state index contributed by atoms with van der Waals surface area (Å²) in [6, 6.07) is 9.23. The number of hydrogen-bond donors (Lipinski definition) is 1. The second kappa shape index (κ2) is 4.08. The normalized spacial score (nSPS) is 19.7. The molecule has 0 bridgehead atoms. The van der Waals surface area contributed by atoms with Crippen molar-refractivity contribution < 1.29 is 9.90 Å². The van der Waals surface area contributed by atoms with Crippen molar-refractivity contribution >= 4 is 37.6 Å². The Labute approximate surface area is 94.1 Å². The summed E-state index contributed by atoms with van der Waals surface area (Å²) in [4.78, 5) is 10.9. The smallest absolute Gasteiger partial charge is 0.353 e. The van der Waals surface area contributed by atoms with Crippen LogP contribution in [0.1, 0.15) is 0 Å². The third-order valence-corrected chi connectivity index (χ3v) is 3.78. The highest BCUT2D eigenvalue weighted by Gasteiger charge is 2.23. The zero-order valence-corrected chi connectivity index (χ0v) is 9.20. The minimum absolute atomic E-state index is 0.208. The summed E-state index contributed by atoms with van der Waals surface area (Å²) in [6.45, 7) is 0. The molecule has 1 atom stereocenters. The first-order valence-electron chi connectivity index (χ1n) is 4.23. The molecule has 78 valence electrons. The number of benzene rings is 1. The molecule has 0 aliphatic carbocycles. The molecule has 0 saturated carbocycles. The molecule has 1 unspecified atom stereocenters. The Morgan fingerprint density at radius 3 is 2.60 bits per heavy atom. The van der Waals surface area contributed by atoms with Crippen LogP contribution in [0.3, 0.4) is 0 Å². The van der Waals surface area contributed by atoms with Crippen LogP contribution in [0.25, 0.3) is 0 Å². The van der Waals surface area contributed by atoms with E-state index in [-0.39, 0.29) is 5.70 Å². The van der Waals surface area contributed by atoms with E-state index in [1.165, 1.54) is 6.08 Å². The fourth-order valence-corrected chi connectivity index (χ4v) is 2.93. The molecule has 1 aliphatic rings. The number of rotatable bonds is 2. The molecule has 0 saturated heterocycles. The van der Waals surface area contributed by atoms with E-state index in [0.29, 0.717) is 0 Å². The van der Waals surface area contributed by atoms with Gasteiger partial charge in [-0.1, -0.05) is 18.2 Å². The number of hydrogen-bond acceptors (Lipinski definition) is 2. The Balaban J connectivity index is 2.40. The third kappa shape index (κ3) is 1.91. The van der Waals surface area contributed by atoms with Gasteiger partial charge in [-0.25, -0.2) is 4.79 Å². The maximum Gasteiger partial charge on any atom is 0.353 e. The van der Waals surface area contributed by atoms with E-state index in [2.05, 4.69) is 0 Å². The summed E-state index contributed by atoms with van der Waals surface area (Å²) in [5.74, 6) is -0.967. The summed E-state index contributed by atoms with van der Waals surface area (Å²) in [6.07, 6.45) is 1.53. The van der Waals surface area contributed by atoms with E-state index in [9.17, 15) is 4.79 Å². The van der Waals surface area contributed by atoms with Crippen molar-refractivity contribution in [2.45, 2.75) is 0 Å². The Morgan fingerprint density at radius 1 is 1.33 bits per heavy atom. The number of halogens is 1. The highest BCUT2D eigenvalue weighted by molar-refractivity contribution is 8.35. The molecule has 0 aromatic heterocycles. The molecule has 0 radical (unpaired) electrons. The monoisotopic (exact) mass is 241 g/mol. The summed E-state index contributed by atoms with van der Waals surface area (Å²) in [5.41, 5.74) is 0.998. The quantitative estimate of drug-likeness (QED) is 0.810. The Hall–Kier alpha value is -1.26. The number of carbonyl (C=O) groups is 1. The molecule has 1 N–H and O–H groups in total. The zero-order valence-electron chi connectivity index (χ0n) is 7.63. The van der Waals surface area contributed by atoms with Crippen LogP contribution in [-0.4, -0.2) is 16.4 Å². The predicted molar refractivity (Wildman–Crippen MR) is 64.1 cm³/mol. The minimum Gasteiger partial charge on any atom is -0.477 e. The summed E-state index contributed by atoms with van der Waals surface area (Å²) in [5, 5.41) is 10.7. The average molecular weight is 242 g/mol. The highest BCUT2D eigenvalue weighted by Crippen LogP contribution is 2.38. The Kier molecular flexibility index (Phi) is 2.79.